The lowest BCUT2D eigenvalue weighted by Gasteiger charge is -2.42. The van der Waals surface area contributed by atoms with E-state index in [1.54, 1.807) is 48.5 Å². The summed E-state index contributed by atoms with van der Waals surface area (Å²) < 4.78 is 30.3. The lowest BCUT2D eigenvalue weighted by atomic mass is 9.63. The van der Waals surface area contributed by atoms with Gasteiger partial charge in [0.1, 0.15) is 0 Å². The molecule has 0 spiro atoms. The van der Waals surface area contributed by atoms with Gasteiger partial charge in [0.05, 0.1) is 24.7 Å². The van der Waals surface area contributed by atoms with Crippen molar-refractivity contribution in [2.45, 2.75) is 11.8 Å². The van der Waals surface area contributed by atoms with Gasteiger partial charge in [-0.25, -0.2) is 8.42 Å². The summed E-state index contributed by atoms with van der Waals surface area (Å²) in [6.07, 6.45) is 0. The number of carbonyl (C=O) groups excluding carboxylic acids is 1. The van der Waals surface area contributed by atoms with Crippen LogP contribution < -0.4 is 0 Å². The van der Waals surface area contributed by atoms with E-state index in [1.165, 1.54) is 7.11 Å². The van der Waals surface area contributed by atoms with Gasteiger partial charge in [0, 0.05) is 11.8 Å². The van der Waals surface area contributed by atoms with E-state index in [-0.39, 0.29) is 11.5 Å². The smallest absolute Gasteiger partial charge is 0.327 e. The number of rotatable bonds is 3. The first kappa shape index (κ1) is 18.2. The van der Waals surface area contributed by atoms with Crippen LogP contribution in [0.4, 0.5) is 0 Å². The van der Waals surface area contributed by atoms with Crippen LogP contribution in [0.2, 0.25) is 0 Å². The molecule has 0 aliphatic carbocycles. The normalized spacial score (nSPS) is 27.2. The van der Waals surface area contributed by atoms with Crippen LogP contribution in [-0.4, -0.2) is 33.0 Å². The summed E-state index contributed by atoms with van der Waals surface area (Å²) in [5, 5.41) is 10.1. The van der Waals surface area contributed by atoms with E-state index < -0.39 is 33.1 Å². The summed E-state index contributed by atoms with van der Waals surface area (Å²) in [6.45, 7) is 0. The van der Waals surface area contributed by atoms with Crippen molar-refractivity contribution < 1.29 is 17.9 Å². The zero-order chi connectivity index (χ0) is 18.8. The predicted molar refractivity (Wildman–Crippen MR) is 97.1 cm³/mol. The van der Waals surface area contributed by atoms with Crippen LogP contribution in [0.1, 0.15) is 23.0 Å². The highest BCUT2D eigenvalue weighted by Crippen LogP contribution is 2.52. The maximum absolute atomic E-state index is 12.9. The Morgan fingerprint density at radius 3 is 1.77 bits per heavy atom. The lowest BCUT2D eigenvalue weighted by molar-refractivity contribution is -0.151. The zero-order valence-corrected chi connectivity index (χ0v) is 15.1. The van der Waals surface area contributed by atoms with Gasteiger partial charge >= 0.3 is 5.97 Å². The van der Waals surface area contributed by atoms with E-state index in [4.69, 9.17) is 4.74 Å². The average Bonchev–Trinajstić information content (AvgIpc) is 2.68. The van der Waals surface area contributed by atoms with Crippen LogP contribution in [0.15, 0.2) is 60.7 Å². The van der Waals surface area contributed by atoms with E-state index in [2.05, 4.69) is 6.07 Å². The summed E-state index contributed by atoms with van der Waals surface area (Å²) in [6, 6.07) is 19.9. The number of methoxy groups -OCH3 is 1. The van der Waals surface area contributed by atoms with E-state index in [9.17, 15) is 18.5 Å². The number of benzene rings is 2. The Morgan fingerprint density at radius 2 is 1.42 bits per heavy atom. The van der Waals surface area contributed by atoms with E-state index in [0.29, 0.717) is 11.1 Å². The van der Waals surface area contributed by atoms with Crippen molar-refractivity contribution >= 4 is 15.8 Å². The molecule has 1 saturated heterocycles. The molecule has 1 aliphatic rings. The Balaban J connectivity index is 2.27. The molecule has 0 N–H and O–H groups in total. The fourth-order valence-corrected chi connectivity index (χ4v) is 5.89. The van der Waals surface area contributed by atoms with Gasteiger partial charge in [-0.2, -0.15) is 5.26 Å². The molecule has 0 aromatic heterocycles. The van der Waals surface area contributed by atoms with Gasteiger partial charge in [0.25, 0.3) is 0 Å². The number of nitriles is 1. The largest absolute Gasteiger partial charge is 0.468 e. The van der Waals surface area contributed by atoms with Gasteiger partial charge in [-0.3, -0.25) is 4.79 Å². The highest BCUT2D eigenvalue weighted by molar-refractivity contribution is 7.91. The molecule has 5 nitrogen and oxygen atoms in total. The molecular formula is C20H19NO4S. The molecule has 1 fully saturated rings. The molecule has 2 aromatic carbocycles. The van der Waals surface area contributed by atoms with E-state index in [1.807, 2.05) is 12.1 Å². The molecule has 2 aromatic rings. The third kappa shape index (κ3) is 2.99. The van der Waals surface area contributed by atoms with Crippen molar-refractivity contribution in [3.63, 3.8) is 0 Å². The number of esters is 1. The second kappa shape index (κ2) is 6.93. The maximum atomic E-state index is 12.9. The lowest BCUT2D eigenvalue weighted by Crippen LogP contribution is -2.51. The molecule has 0 amide bonds. The van der Waals surface area contributed by atoms with Crippen LogP contribution in [-0.2, 0) is 19.4 Å². The maximum Gasteiger partial charge on any atom is 0.327 e. The Labute approximate surface area is 153 Å². The van der Waals surface area contributed by atoms with Gasteiger partial charge in [0.2, 0.25) is 0 Å². The van der Waals surface area contributed by atoms with Gasteiger partial charge in [-0.1, -0.05) is 60.7 Å². The number of sulfone groups is 1. The molecule has 0 bridgehead atoms. The van der Waals surface area contributed by atoms with Crippen LogP contribution in [0.3, 0.4) is 0 Å². The summed E-state index contributed by atoms with van der Waals surface area (Å²) in [7, 11) is -2.23. The summed E-state index contributed by atoms with van der Waals surface area (Å²) in [5.41, 5.74) is -0.324. The minimum absolute atomic E-state index is 0.261. The topological polar surface area (TPSA) is 84.2 Å². The molecule has 0 saturated carbocycles. The number of hydrogen-bond acceptors (Lipinski definition) is 5. The monoisotopic (exact) mass is 369 g/mol. The Bertz CT molecular complexity index is 877. The van der Waals surface area contributed by atoms with Gasteiger partial charge in [0.15, 0.2) is 15.3 Å². The van der Waals surface area contributed by atoms with Crippen LogP contribution in [0.5, 0.6) is 0 Å². The van der Waals surface area contributed by atoms with E-state index >= 15 is 0 Å². The molecule has 26 heavy (non-hydrogen) atoms. The number of ether oxygens (including phenoxy) is 1. The quantitative estimate of drug-likeness (QED) is 0.777. The average molecular weight is 369 g/mol. The van der Waals surface area contributed by atoms with Gasteiger partial charge in [-0.15, -0.1) is 0 Å². The summed E-state index contributed by atoms with van der Waals surface area (Å²) in [4.78, 5) is 12.9. The predicted octanol–water partition coefficient (Wildman–Crippen LogP) is 2.67. The molecular weight excluding hydrogens is 350 g/mol. The van der Waals surface area contributed by atoms with Crippen molar-refractivity contribution in [3.05, 3.63) is 71.8 Å². The van der Waals surface area contributed by atoms with Crippen LogP contribution in [0.25, 0.3) is 0 Å². The van der Waals surface area contributed by atoms with Crippen molar-refractivity contribution in [3.8, 4) is 6.07 Å². The first-order chi connectivity index (χ1) is 12.4. The number of hydrogen-bond donors (Lipinski definition) is 0. The fourth-order valence-electron chi connectivity index (χ4n) is 3.83. The highest BCUT2D eigenvalue weighted by Gasteiger charge is 2.59. The molecule has 2 unspecified atom stereocenters. The Kier molecular flexibility index (Phi) is 4.84. The first-order valence-corrected chi connectivity index (χ1v) is 10.1. The first-order valence-electron chi connectivity index (χ1n) is 8.24. The van der Waals surface area contributed by atoms with Crippen LogP contribution in [0, 0.1) is 16.7 Å². The van der Waals surface area contributed by atoms with Crippen molar-refractivity contribution in [2.75, 3.05) is 18.6 Å². The summed E-state index contributed by atoms with van der Waals surface area (Å²) in [5.74, 6) is -2.82. The molecule has 1 heterocycles. The standard InChI is InChI=1S/C20H19NO4S/c1-25-19(22)20(14-21)17(15-8-4-2-5-9-15)12-26(23,24)13-18(20)16-10-6-3-7-11-16/h2-11,17-18H,12-13H2,1H3. The van der Waals surface area contributed by atoms with E-state index in [0.717, 1.165) is 0 Å². The highest BCUT2D eigenvalue weighted by atomic mass is 32.2. The second-order valence-electron chi connectivity index (χ2n) is 6.48. The Morgan fingerprint density at radius 1 is 1.00 bits per heavy atom. The van der Waals surface area contributed by atoms with Gasteiger partial charge in [-0.05, 0) is 11.1 Å². The minimum atomic E-state index is -3.46. The molecule has 134 valence electrons. The molecule has 3 rings (SSSR count). The zero-order valence-electron chi connectivity index (χ0n) is 14.3. The third-order valence-corrected chi connectivity index (χ3v) is 6.73. The summed E-state index contributed by atoms with van der Waals surface area (Å²) >= 11 is 0. The van der Waals surface area contributed by atoms with Crippen molar-refractivity contribution in [1.82, 2.24) is 0 Å². The molecule has 6 heteroatoms. The number of nitrogens with zero attached hydrogens (tertiary/aromatic N) is 1. The molecule has 1 aliphatic heterocycles. The third-order valence-electron chi connectivity index (χ3n) is 5.05. The number of carbonyl (C=O) groups is 1. The molecule has 2 atom stereocenters. The van der Waals surface area contributed by atoms with Crippen molar-refractivity contribution in [2.24, 2.45) is 5.41 Å². The SMILES string of the molecule is COC(=O)C1(C#N)C(c2ccccc2)CS(=O)(=O)CC1c1ccccc1. The molecule has 0 radical (unpaired) electrons. The minimum Gasteiger partial charge on any atom is -0.468 e. The second-order valence-corrected chi connectivity index (χ2v) is 8.63. The van der Waals surface area contributed by atoms with Crippen LogP contribution >= 0.6 is 0 Å². The van der Waals surface area contributed by atoms with Crippen molar-refractivity contribution in [1.29, 1.82) is 5.26 Å². The van der Waals surface area contributed by atoms with Gasteiger partial charge < -0.3 is 4.74 Å². The Hall–Kier alpha value is -2.65. The fraction of sp³-hybridized carbons (Fsp3) is 0.300.